The van der Waals surface area contributed by atoms with E-state index >= 15 is 0 Å². The Balaban J connectivity index is 1.46. The van der Waals surface area contributed by atoms with Crippen molar-refractivity contribution in [2.75, 3.05) is 5.73 Å². The predicted octanol–water partition coefficient (Wildman–Crippen LogP) is 3.65. The molecule has 0 aliphatic heterocycles. The van der Waals surface area contributed by atoms with Crippen molar-refractivity contribution < 1.29 is 9.53 Å². The number of hydrogen-bond donors (Lipinski definition) is 2. The Labute approximate surface area is 165 Å². The summed E-state index contributed by atoms with van der Waals surface area (Å²) in [6, 6.07) is 14.9. The molecule has 0 unspecified atom stereocenters. The maximum Gasteiger partial charge on any atom is 0.246 e. The molecule has 0 spiro atoms. The lowest BCUT2D eigenvalue weighted by atomic mass is 10.2. The quantitative estimate of drug-likeness (QED) is 0.468. The van der Waals surface area contributed by atoms with E-state index in [2.05, 4.69) is 15.5 Å². The van der Waals surface area contributed by atoms with E-state index in [4.69, 9.17) is 22.1 Å². The molecule has 0 bridgehead atoms. The summed E-state index contributed by atoms with van der Waals surface area (Å²) in [4.78, 5) is 15.8. The van der Waals surface area contributed by atoms with Crippen LogP contribution in [0.5, 0.6) is 5.75 Å². The number of benzene rings is 2. The number of aromatic nitrogens is 1. The van der Waals surface area contributed by atoms with Crippen LogP contribution in [0, 0.1) is 0 Å². The van der Waals surface area contributed by atoms with Gasteiger partial charge in [-0.2, -0.15) is 5.10 Å². The standard InChI is InChI=1S/C19H17ClN4O2S/c20-15-3-1-2-14(8-15)11-26-17-6-4-13(5-7-17)10-22-24-18(25)9-16-12-27-19(21)23-16/h1-8,10,12H,9,11H2,(H2,21,23)(H,24,25)/b22-10+. The van der Waals surface area contributed by atoms with Crippen LogP contribution in [0.2, 0.25) is 5.02 Å². The Kier molecular flexibility index (Phi) is 6.40. The van der Waals surface area contributed by atoms with Gasteiger partial charge in [0.1, 0.15) is 12.4 Å². The van der Waals surface area contributed by atoms with Crippen LogP contribution in [-0.2, 0) is 17.8 Å². The Hall–Kier alpha value is -2.90. The average Bonchev–Trinajstić information content (AvgIpc) is 3.06. The van der Waals surface area contributed by atoms with Crippen molar-refractivity contribution >= 4 is 40.2 Å². The van der Waals surface area contributed by atoms with Crippen molar-refractivity contribution in [3.63, 3.8) is 0 Å². The summed E-state index contributed by atoms with van der Waals surface area (Å²) >= 11 is 7.26. The number of hydrogen-bond acceptors (Lipinski definition) is 6. The van der Waals surface area contributed by atoms with Gasteiger partial charge in [-0.3, -0.25) is 4.79 Å². The number of nitrogen functional groups attached to an aromatic ring is 1. The normalized spacial score (nSPS) is 10.9. The molecule has 8 heteroatoms. The number of nitrogens with one attached hydrogen (secondary N) is 1. The molecule has 0 aliphatic rings. The van der Waals surface area contributed by atoms with E-state index in [1.165, 1.54) is 11.3 Å². The average molecular weight is 401 g/mol. The van der Waals surface area contributed by atoms with Crippen molar-refractivity contribution in [2.24, 2.45) is 5.10 Å². The Morgan fingerprint density at radius 1 is 1.30 bits per heavy atom. The minimum absolute atomic E-state index is 0.140. The van der Waals surface area contributed by atoms with Gasteiger partial charge in [-0.15, -0.1) is 11.3 Å². The first-order valence-electron chi connectivity index (χ1n) is 8.07. The summed E-state index contributed by atoms with van der Waals surface area (Å²) < 4.78 is 5.72. The number of thiazole rings is 1. The highest BCUT2D eigenvalue weighted by atomic mass is 35.5. The van der Waals surface area contributed by atoms with Gasteiger partial charge in [0.15, 0.2) is 5.13 Å². The van der Waals surface area contributed by atoms with Gasteiger partial charge in [0.25, 0.3) is 0 Å². The van der Waals surface area contributed by atoms with Crippen LogP contribution in [0.3, 0.4) is 0 Å². The fourth-order valence-corrected chi connectivity index (χ4v) is 3.01. The molecule has 1 aromatic heterocycles. The van der Waals surface area contributed by atoms with E-state index in [1.54, 1.807) is 11.6 Å². The van der Waals surface area contributed by atoms with E-state index < -0.39 is 0 Å². The molecule has 0 saturated carbocycles. The van der Waals surface area contributed by atoms with E-state index in [1.807, 2.05) is 48.5 Å². The molecule has 138 valence electrons. The zero-order valence-electron chi connectivity index (χ0n) is 14.3. The van der Waals surface area contributed by atoms with Crippen molar-refractivity contribution in [1.29, 1.82) is 0 Å². The molecule has 2 aromatic carbocycles. The number of nitrogens with two attached hydrogens (primary N) is 1. The number of carbonyl (C=O) groups is 1. The van der Waals surface area contributed by atoms with Crippen LogP contribution in [0.4, 0.5) is 5.13 Å². The summed E-state index contributed by atoms with van der Waals surface area (Å²) in [6.07, 6.45) is 1.70. The minimum atomic E-state index is -0.252. The third kappa shape index (κ3) is 6.09. The second-order valence-electron chi connectivity index (χ2n) is 5.63. The molecule has 0 atom stereocenters. The molecular weight excluding hydrogens is 384 g/mol. The van der Waals surface area contributed by atoms with Crippen molar-refractivity contribution in [2.45, 2.75) is 13.0 Å². The summed E-state index contributed by atoms with van der Waals surface area (Å²) in [7, 11) is 0. The lowest BCUT2D eigenvalue weighted by molar-refractivity contribution is -0.120. The van der Waals surface area contributed by atoms with Gasteiger partial charge < -0.3 is 10.5 Å². The molecule has 3 rings (SSSR count). The number of amides is 1. The molecule has 3 aromatic rings. The topological polar surface area (TPSA) is 89.6 Å². The predicted molar refractivity (Wildman–Crippen MR) is 108 cm³/mol. The fraction of sp³-hybridized carbons (Fsp3) is 0.105. The van der Waals surface area contributed by atoms with E-state index in [9.17, 15) is 4.79 Å². The summed E-state index contributed by atoms with van der Waals surface area (Å²) in [5.41, 5.74) is 10.5. The number of anilines is 1. The molecular formula is C19H17ClN4O2S. The maximum absolute atomic E-state index is 11.8. The monoisotopic (exact) mass is 400 g/mol. The van der Waals surface area contributed by atoms with Gasteiger partial charge in [-0.1, -0.05) is 23.7 Å². The Bertz CT molecular complexity index is 941. The molecule has 0 radical (unpaired) electrons. The van der Waals surface area contributed by atoms with Crippen LogP contribution >= 0.6 is 22.9 Å². The van der Waals surface area contributed by atoms with E-state index in [-0.39, 0.29) is 12.3 Å². The highest BCUT2D eigenvalue weighted by Gasteiger charge is 2.05. The van der Waals surface area contributed by atoms with Gasteiger partial charge in [-0.25, -0.2) is 10.4 Å². The lowest BCUT2D eigenvalue weighted by Gasteiger charge is -2.06. The Morgan fingerprint density at radius 3 is 2.81 bits per heavy atom. The lowest BCUT2D eigenvalue weighted by Crippen LogP contribution is -2.19. The summed E-state index contributed by atoms with van der Waals surface area (Å²) in [6.45, 7) is 0.436. The molecule has 1 amide bonds. The van der Waals surface area contributed by atoms with Crippen LogP contribution in [0.1, 0.15) is 16.8 Å². The highest BCUT2D eigenvalue weighted by molar-refractivity contribution is 7.13. The smallest absolute Gasteiger partial charge is 0.246 e. The molecule has 6 nitrogen and oxygen atoms in total. The van der Waals surface area contributed by atoms with Gasteiger partial charge >= 0.3 is 0 Å². The van der Waals surface area contributed by atoms with Gasteiger partial charge in [0.05, 0.1) is 18.3 Å². The van der Waals surface area contributed by atoms with Gasteiger partial charge in [0, 0.05) is 10.4 Å². The SMILES string of the molecule is Nc1nc(CC(=O)N/N=C/c2ccc(OCc3cccc(Cl)c3)cc2)cs1. The van der Waals surface area contributed by atoms with Gasteiger partial charge in [-0.05, 0) is 47.5 Å². The van der Waals surface area contributed by atoms with Crippen LogP contribution in [-0.4, -0.2) is 17.1 Å². The molecule has 0 saturated heterocycles. The molecule has 1 heterocycles. The number of ether oxygens (including phenoxy) is 1. The third-order valence-electron chi connectivity index (χ3n) is 3.49. The first kappa shape index (κ1) is 18.9. The maximum atomic E-state index is 11.8. The number of rotatable bonds is 7. The first-order valence-corrected chi connectivity index (χ1v) is 9.33. The molecule has 0 fully saturated rings. The number of nitrogens with zero attached hydrogens (tertiary/aromatic N) is 2. The number of hydrazone groups is 1. The minimum Gasteiger partial charge on any atom is -0.489 e. The van der Waals surface area contributed by atoms with E-state index in [0.29, 0.717) is 22.5 Å². The summed E-state index contributed by atoms with van der Waals surface area (Å²) in [5.74, 6) is 0.482. The van der Waals surface area contributed by atoms with Gasteiger partial charge in [0.2, 0.25) is 5.91 Å². The fourth-order valence-electron chi connectivity index (χ4n) is 2.23. The number of carbonyl (C=O) groups excluding carboxylic acids is 1. The first-order chi connectivity index (χ1) is 13.1. The van der Waals surface area contributed by atoms with Crippen molar-refractivity contribution in [3.8, 4) is 5.75 Å². The largest absolute Gasteiger partial charge is 0.489 e. The van der Waals surface area contributed by atoms with Crippen molar-refractivity contribution in [3.05, 3.63) is 75.8 Å². The van der Waals surface area contributed by atoms with Crippen LogP contribution in [0.15, 0.2) is 59.0 Å². The van der Waals surface area contributed by atoms with Crippen molar-refractivity contribution in [1.82, 2.24) is 10.4 Å². The summed E-state index contributed by atoms with van der Waals surface area (Å²) in [5, 5.41) is 6.82. The number of halogens is 1. The second kappa shape index (κ2) is 9.16. The van der Waals surface area contributed by atoms with Crippen LogP contribution in [0.25, 0.3) is 0 Å². The molecule has 3 N–H and O–H groups in total. The molecule has 0 aliphatic carbocycles. The second-order valence-corrected chi connectivity index (χ2v) is 6.96. The van der Waals surface area contributed by atoms with Crippen LogP contribution < -0.4 is 15.9 Å². The zero-order valence-corrected chi connectivity index (χ0v) is 15.8. The molecule has 27 heavy (non-hydrogen) atoms. The highest BCUT2D eigenvalue weighted by Crippen LogP contribution is 2.16. The third-order valence-corrected chi connectivity index (χ3v) is 4.45. The zero-order chi connectivity index (χ0) is 19.1. The van der Waals surface area contributed by atoms with E-state index in [0.717, 1.165) is 16.9 Å². The Morgan fingerprint density at radius 2 is 2.11 bits per heavy atom.